The molecule has 2 fully saturated rings. The van der Waals surface area contributed by atoms with E-state index < -0.39 is 7.60 Å². The fraction of sp³-hybridized carbons (Fsp3) is 0.565. The monoisotopic (exact) mass is 448 g/mol. The normalized spacial score (nSPS) is 23.2. The molecule has 0 bridgehead atoms. The molecule has 5 heteroatoms. The first-order valence-corrected chi connectivity index (χ1v) is 11.5. The van der Waals surface area contributed by atoms with E-state index in [9.17, 15) is 4.57 Å². The molecule has 0 aromatic carbocycles. The molecule has 158 valence electrons. The van der Waals surface area contributed by atoms with Crippen molar-refractivity contribution in [3.63, 3.8) is 0 Å². The molecule has 0 saturated heterocycles. The van der Waals surface area contributed by atoms with Crippen LogP contribution < -0.4 is 0 Å². The first kappa shape index (κ1) is 28.7. The second-order valence-corrected chi connectivity index (χ2v) is 9.40. The van der Waals surface area contributed by atoms with Crippen LogP contribution in [0, 0.1) is 59.7 Å². The van der Waals surface area contributed by atoms with E-state index in [2.05, 4.69) is 61.8 Å². The number of hydrogen-bond acceptors (Lipinski definition) is 3. The van der Waals surface area contributed by atoms with Gasteiger partial charge in [-0.25, -0.2) is 0 Å². The molecule has 10 radical (unpaired) electrons. The maximum atomic E-state index is 12.6. The SMILES string of the molecule is CCOP(=O)(C[C]1[C](C)[C](C)[C](C)[C]1C)OCC.C[C]1[CH][C](C)[C](C)[C]1C.[Fe+2]. The Hall–Kier alpha value is 0.669. The van der Waals surface area contributed by atoms with E-state index in [0.717, 1.165) is 5.92 Å². The Labute approximate surface area is 186 Å². The summed E-state index contributed by atoms with van der Waals surface area (Å²) in [6.45, 7) is 21.5. The quantitative estimate of drug-likeness (QED) is 0.331. The maximum Gasteiger partial charge on any atom is 2.00 e. The van der Waals surface area contributed by atoms with Crippen molar-refractivity contribution < 1.29 is 30.7 Å². The minimum atomic E-state index is -3.00. The molecular formula is C23H37FeO3P+2. The number of hydrogen-bond donors (Lipinski definition) is 0. The molecule has 0 heterocycles. The standard InChI is InChI=1S/C14H24O3P.C9H13.Fe/c1-7-16-18(15,17-8-2)9-14-12(5)10(3)11(4)13(14)6;1-6-5-7(2)9(4)8(6)3;/h7-9H2,1-6H3;5H,1-4H3;/q;;+2. The van der Waals surface area contributed by atoms with Gasteiger partial charge < -0.3 is 9.05 Å². The molecule has 0 aromatic heterocycles. The minimum absolute atomic E-state index is 0. The molecule has 0 aliphatic heterocycles. The zero-order valence-corrected chi connectivity index (χ0v) is 21.2. The zero-order chi connectivity index (χ0) is 20.9. The fourth-order valence-corrected chi connectivity index (χ4v) is 5.29. The predicted octanol–water partition coefficient (Wildman–Crippen LogP) is 6.80. The van der Waals surface area contributed by atoms with Gasteiger partial charge in [-0.15, -0.1) is 0 Å². The summed E-state index contributed by atoms with van der Waals surface area (Å²) in [4.78, 5) is 0. The van der Waals surface area contributed by atoms with Gasteiger partial charge in [-0.05, 0) is 67.6 Å². The van der Waals surface area contributed by atoms with Crippen LogP contribution in [0.4, 0.5) is 0 Å². The van der Waals surface area contributed by atoms with E-state index in [0.29, 0.717) is 19.4 Å². The van der Waals surface area contributed by atoms with Crippen LogP contribution in [0.15, 0.2) is 0 Å². The summed E-state index contributed by atoms with van der Waals surface area (Å²) < 4.78 is 23.3. The third kappa shape index (κ3) is 7.12. The summed E-state index contributed by atoms with van der Waals surface area (Å²) in [6, 6.07) is 0. The summed E-state index contributed by atoms with van der Waals surface area (Å²) in [5.41, 5.74) is 0. The maximum absolute atomic E-state index is 12.6. The van der Waals surface area contributed by atoms with Gasteiger partial charge in [0.05, 0.1) is 19.4 Å². The van der Waals surface area contributed by atoms with Crippen LogP contribution in [0.1, 0.15) is 69.2 Å². The Morgan fingerprint density at radius 2 is 1.04 bits per heavy atom. The molecule has 2 aliphatic carbocycles. The summed E-state index contributed by atoms with van der Waals surface area (Å²) >= 11 is 0. The van der Waals surface area contributed by atoms with Gasteiger partial charge in [0, 0.05) is 5.92 Å². The van der Waals surface area contributed by atoms with Crippen LogP contribution in [-0.4, -0.2) is 19.4 Å². The third-order valence-electron chi connectivity index (χ3n) is 5.77. The van der Waals surface area contributed by atoms with Crippen molar-refractivity contribution in [1.29, 1.82) is 0 Å². The molecule has 0 aromatic rings. The van der Waals surface area contributed by atoms with Crippen molar-refractivity contribution in [2.75, 3.05) is 19.4 Å². The Balaban J connectivity index is 0.000000614. The third-order valence-corrected chi connectivity index (χ3v) is 7.78. The molecule has 0 amide bonds. The summed E-state index contributed by atoms with van der Waals surface area (Å²) in [6.07, 6.45) is 2.62. The molecule has 0 atom stereocenters. The van der Waals surface area contributed by atoms with Crippen molar-refractivity contribution in [2.45, 2.75) is 69.2 Å². The topological polar surface area (TPSA) is 35.5 Å². The van der Waals surface area contributed by atoms with Crippen molar-refractivity contribution in [3.8, 4) is 0 Å². The van der Waals surface area contributed by atoms with E-state index in [-0.39, 0.29) is 17.1 Å². The van der Waals surface area contributed by atoms with Gasteiger partial charge in [0.2, 0.25) is 0 Å². The molecule has 2 saturated carbocycles. The molecule has 3 nitrogen and oxygen atoms in total. The van der Waals surface area contributed by atoms with Crippen LogP contribution in [0.3, 0.4) is 0 Å². The van der Waals surface area contributed by atoms with E-state index in [1.54, 1.807) is 0 Å². The van der Waals surface area contributed by atoms with Crippen molar-refractivity contribution in [3.05, 3.63) is 59.7 Å². The molecule has 2 rings (SSSR count). The van der Waals surface area contributed by atoms with Crippen LogP contribution in [0.2, 0.25) is 0 Å². The Kier molecular flexibility index (Phi) is 12.8. The van der Waals surface area contributed by atoms with E-state index in [1.807, 2.05) is 13.8 Å². The van der Waals surface area contributed by atoms with Crippen molar-refractivity contribution in [1.82, 2.24) is 0 Å². The first-order valence-electron chi connectivity index (χ1n) is 9.79. The molecule has 2 aliphatic rings. The average Bonchev–Trinajstić information content (AvgIpc) is 2.93. The van der Waals surface area contributed by atoms with Gasteiger partial charge >= 0.3 is 24.7 Å². The Bertz CT molecular complexity index is 450. The second kappa shape index (κ2) is 12.5. The Morgan fingerprint density at radius 3 is 1.29 bits per heavy atom. The van der Waals surface area contributed by atoms with Gasteiger partial charge in [-0.3, -0.25) is 4.57 Å². The van der Waals surface area contributed by atoms with Gasteiger partial charge in [0.15, 0.2) is 0 Å². The smallest absolute Gasteiger partial charge is 0.309 e. The van der Waals surface area contributed by atoms with Gasteiger partial charge in [0.25, 0.3) is 0 Å². The summed E-state index contributed by atoms with van der Waals surface area (Å²) in [5.74, 6) is 11.9. The van der Waals surface area contributed by atoms with Crippen LogP contribution in [0.5, 0.6) is 0 Å². The van der Waals surface area contributed by atoms with Crippen LogP contribution in [0.25, 0.3) is 0 Å². The Morgan fingerprint density at radius 1 is 0.679 bits per heavy atom. The van der Waals surface area contributed by atoms with Gasteiger partial charge in [-0.2, -0.15) is 0 Å². The second-order valence-electron chi connectivity index (χ2n) is 7.34. The summed E-state index contributed by atoms with van der Waals surface area (Å²) in [5, 5.41) is 0. The van der Waals surface area contributed by atoms with Gasteiger partial charge in [0.1, 0.15) is 0 Å². The van der Waals surface area contributed by atoms with Crippen molar-refractivity contribution >= 4 is 7.60 Å². The van der Waals surface area contributed by atoms with Gasteiger partial charge in [-0.1, -0.05) is 55.4 Å². The largest absolute Gasteiger partial charge is 2.00 e. The predicted molar refractivity (Wildman–Crippen MR) is 115 cm³/mol. The van der Waals surface area contributed by atoms with Crippen LogP contribution >= 0.6 is 7.60 Å². The fourth-order valence-electron chi connectivity index (χ4n) is 3.38. The molecule has 28 heavy (non-hydrogen) atoms. The van der Waals surface area contributed by atoms with E-state index in [4.69, 9.17) is 9.05 Å². The number of rotatable bonds is 6. The van der Waals surface area contributed by atoms with Crippen LogP contribution in [-0.2, 0) is 30.7 Å². The average molecular weight is 448 g/mol. The minimum Gasteiger partial charge on any atom is -0.309 e. The molecular weight excluding hydrogens is 411 g/mol. The molecule has 0 spiro atoms. The first-order chi connectivity index (χ1) is 12.5. The molecule has 0 unspecified atom stereocenters. The van der Waals surface area contributed by atoms with E-state index >= 15 is 0 Å². The van der Waals surface area contributed by atoms with Crippen molar-refractivity contribution in [2.24, 2.45) is 0 Å². The summed E-state index contributed by atoms with van der Waals surface area (Å²) in [7, 11) is -3.00. The molecule has 0 N–H and O–H groups in total. The van der Waals surface area contributed by atoms with E-state index in [1.165, 1.54) is 47.3 Å². The zero-order valence-electron chi connectivity index (χ0n) is 19.2.